The summed E-state index contributed by atoms with van der Waals surface area (Å²) >= 11 is 6.24. The summed E-state index contributed by atoms with van der Waals surface area (Å²) in [6.45, 7) is 10.9. The van der Waals surface area contributed by atoms with Crippen molar-refractivity contribution in [2.75, 3.05) is 26.3 Å². The minimum Gasteiger partial charge on any atom is -0.379 e. The normalized spacial score (nSPS) is 19.7. The average molecular weight is 314 g/mol. The van der Waals surface area contributed by atoms with E-state index < -0.39 is 5.54 Å². The molecule has 0 radical (unpaired) electrons. The summed E-state index contributed by atoms with van der Waals surface area (Å²) in [5, 5.41) is 4.68. The Morgan fingerprint density at radius 1 is 1.48 bits per heavy atom. The van der Waals surface area contributed by atoms with Crippen LogP contribution in [0.3, 0.4) is 0 Å². The number of Topliss-reactive ketones (excluding diaryl/α,β-unsaturated/α-hetero) is 1. The van der Waals surface area contributed by atoms with Crippen molar-refractivity contribution in [2.45, 2.75) is 45.7 Å². The zero-order valence-electron chi connectivity index (χ0n) is 13.2. The first kappa shape index (κ1) is 16.5. The second kappa shape index (κ2) is 6.46. The summed E-state index contributed by atoms with van der Waals surface area (Å²) in [5.74, 6) is 0.0445. The van der Waals surface area contributed by atoms with Crippen molar-refractivity contribution in [2.24, 2.45) is 0 Å². The minimum absolute atomic E-state index is 0.0445. The third-order valence-electron chi connectivity index (χ3n) is 4.34. The van der Waals surface area contributed by atoms with Gasteiger partial charge in [-0.2, -0.15) is 5.10 Å². The van der Waals surface area contributed by atoms with Gasteiger partial charge in [0.1, 0.15) is 5.69 Å². The van der Waals surface area contributed by atoms with Crippen molar-refractivity contribution in [1.29, 1.82) is 0 Å². The molecule has 0 N–H and O–H groups in total. The van der Waals surface area contributed by atoms with Gasteiger partial charge in [0.05, 0.1) is 30.0 Å². The minimum atomic E-state index is -0.569. The Morgan fingerprint density at radius 2 is 2.10 bits per heavy atom. The molecule has 0 spiro atoms. The van der Waals surface area contributed by atoms with Gasteiger partial charge in [-0.05, 0) is 27.2 Å². The summed E-state index contributed by atoms with van der Waals surface area (Å²) in [4.78, 5) is 15.4. The van der Waals surface area contributed by atoms with E-state index in [9.17, 15) is 4.79 Å². The van der Waals surface area contributed by atoms with Gasteiger partial charge in [0, 0.05) is 19.1 Å². The molecule has 0 amide bonds. The predicted octanol–water partition coefficient (Wildman–Crippen LogP) is 2.80. The first-order valence-corrected chi connectivity index (χ1v) is 7.90. The second-order valence-corrected chi connectivity index (χ2v) is 6.34. The number of rotatable bonds is 5. The molecule has 0 saturated carbocycles. The fourth-order valence-corrected chi connectivity index (χ4v) is 3.00. The fraction of sp³-hybridized carbons (Fsp3) is 0.733. The highest BCUT2D eigenvalue weighted by Crippen LogP contribution is 2.30. The van der Waals surface area contributed by atoms with Crippen molar-refractivity contribution in [3.8, 4) is 0 Å². The Kier molecular flexibility index (Phi) is 5.07. The van der Waals surface area contributed by atoms with Gasteiger partial charge < -0.3 is 4.74 Å². The molecule has 1 fully saturated rings. The molecule has 1 aromatic heterocycles. The van der Waals surface area contributed by atoms with Crippen LogP contribution in [0.2, 0.25) is 5.02 Å². The Balaban J connectivity index is 2.38. The second-order valence-electron chi connectivity index (χ2n) is 5.94. The van der Waals surface area contributed by atoms with Gasteiger partial charge in [-0.25, -0.2) is 0 Å². The van der Waals surface area contributed by atoms with Crippen LogP contribution in [-0.2, 0) is 4.74 Å². The van der Waals surface area contributed by atoms with E-state index in [1.165, 1.54) is 0 Å². The highest BCUT2D eigenvalue weighted by Gasteiger charge is 2.41. The number of nitrogens with zero attached hydrogens (tertiary/aromatic N) is 3. The highest BCUT2D eigenvalue weighted by molar-refractivity contribution is 6.34. The fourth-order valence-electron chi connectivity index (χ4n) is 2.78. The summed E-state index contributed by atoms with van der Waals surface area (Å²) in [5.41, 5.74) is -0.0531. The molecule has 1 unspecified atom stereocenters. The van der Waals surface area contributed by atoms with E-state index in [4.69, 9.17) is 16.3 Å². The van der Waals surface area contributed by atoms with E-state index in [1.807, 2.05) is 27.7 Å². The maximum Gasteiger partial charge on any atom is 0.202 e. The molecular formula is C15H24ClN3O2. The lowest BCUT2D eigenvalue weighted by Crippen LogP contribution is -2.56. The molecule has 21 heavy (non-hydrogen) atoms. The van der Waals surface area contributed by atoms with Crippen LogP contribution in [0, 0.1) is 0 Å². The molecule has 1 atom stereocenters. The van der Waals surface area contributed by atoms with Crippen molar-refractivity contribution < 1.29 is 9.53 Å². The number of ketones is 1. The van der Waals surface area contributed by atoms with Crippen LogP contribution in [0.15, 0.2) is 6.20 Å². The Labute approximate surface area is 131 Å². The predicted molar refractivity (Wildman–Crippen MR) is 83.0 cm³/mol. The monoisotopic (exact) mass is 313 g/mol. The van der Waals surface area contributed by atoms with Crippen molar-refractivity contribution in [3.05, 3.63) is 16.9 Å². The molecule has 6 heteroatoms. The quantitative estimate of drug-likeness (QED) is 0.784. The third kappa shape index (κ3) is 3.00. The molecule has 1 aliphatic rings. The molecule has 1 aromatic rings. The van der Waals surface area contributed by atoms with E-state index in [-0.39, 0.29) is 11.8 Å². The zero-order valence-corrected chi connectivity index (χ0v) is 14.0. The van der Waals surface area contributed by atoms with Crippen molar-refractivity contribution >= 4 is 17.4 Å². The Hall–Kier alpha value is -0.910. The number of ether oxygens (including phenoxy) is 1. The lowest BCUT2D eigenvalue weighted by atomic mass is 9.88. The molecule has 1 aliphatic heterocycles. The standard InChI is InChI=1S/C15H24ClN3O2/c1-5-15(4,18-6-8-21-9-7-18)14(20)13-12(16)10-17-19(13)11(2)3/h10-11H,5-9H2,1-4H3. The van der Waals surface area contributed by atoms with Crippen LogP contribution in [0.4, 0.5) is 0 Å². The number of carbonyl (C=O) groups excluding carboxylic acids is 1. The first-order chi connectivity index (χ1) is 9.91. The number of halogens is 1. The summed E-state index contributed by atoms with van der Waals surface area (Å²) in [6.07, 6.45) is 2.29. The first-order valence-electron chi connectivity index (χ1n) is 7.52. The Morgan fingerprint density at radius 3 is 2.62 bits per heavy atom. The lowest BCUT2D eigenvalue weighted by Gasteiger charge is -2.41. The van der Waals surface area contributed by atoms with Crippen molar-refractivity contribution in [1.82, 2.24) is 14.7 Å². The van der Waals surface area contributed by atoms with Crippen LogP contribution in [-0.4, -0.2) is 52.3 Å². The summed E-state index contributed by atoms with van der Waals surface area (Å²) < 4.78 is 7.12. The number of morpholine rings is 1. The van der Waals surface area contributed by atoms with Gasteiger partial charge in [0.15, 0.2) is 0 Å². The van der Waals surface area contributed by atoms with Gasteiger partial charge in [-0.15, -0.1) is 0 Å². The molecule has 2 rings (SSSR count). The lowest BCUT2D eigenvalue weighted by molar-refractivity contribution is -0.0110. The summed E-state index contributed by atoms with van der Waals surface area (Å²) in [6, 6.07) is 0.0993. The van der Waals surface area contributed by atoms with E-state index in [0.717, 1.165) is 19.5 Å². The van der Waals surface area contributed by atoms with E-state index >= 15 is 0 Å². The maximum atomic E-state index is 13.2. The van der Waals surface area contributed by atoms with E-state index in [0.29, 0.717) is 23.9 Å². The van der Waals surface area contributed by atoms with Crippen LogP contribution in [0.1, 0.15) is 50.6 Å². The van der Waals surface area contributed by atoms with E-state index in [1.54, 1.807) is 10.9 Å². The molecule has 2 heterocycles. The topological polar surface area (TPSA) is 47.4 Å². The van der Waals surface area contributed by atoms with E-state index in [2.05, 4.69) is 10.00 Å². The SMILES string of the molecule is CCC(C)(C(=O)c1c(Cl)cnn1C(C)C)N1CCOCC1. The van der Waals surface area contributed by atoms with Gasteiger partial charge in [-0.3, -0.25) is 14.4 Å². The van der Waals surface area contributed by atoms with Crippen LogP contribution in [0.25, 0.3) is 0 Å². The summed E-state index contributed by atoms with van der Waals surface area (Å²) in [7, 11) is 0. The van der Waals surface area contributed by atoms with Crippen LogP contribution < -0.4 is 0 Å². The van der Waals surface area contributed by atoms with Gasteiger partial charge in [-0.1, -0.05) is 18.5 Å². The number of hydrogen-bond acceptors (Lipinski definition) is 4. The number of aromatic nitrogens is 2. The number of carbonyl (C=O) groups is 1. The van der Waals surface area contributed by atoms with Gasteiger partial charge in [0.25, 0.3) is 0 Å². The zero-order chi connectivity index (χ0) is 15.6. The smallest absolute Gasteiger partial charge is 0.202 e. The molecule has 0 aliphatic carbocycles. The number of hydrogen-bond donors (Lipinski definition) is 0. The van der Waals surface area contributed by atoms with Crippen molar-refractivity contribution in [3.63, 3.8) is 0 Å². The van der Waals surface area contributed by atoms with Gasteiger partial charge >= 0.3 is 0 Å². The largest absolute Gasteiger partial charge is 0.379 e. The molecule has 118 valence electrons. The maximum absolute atomic E-state index is 13.2. The Bertz CT molecular complexity index is 509. The van der Waals surface area contributed by atoms with Crippen LogP contribution >= 0.6 is 11.6 Å². The third-order valence-corrected chi connectivity index (χ3v) is 4.62. The molecule has 0 bridgehead atoms. The van der Waals surface area contributed by atoms with Gasteiger partial charge in [0.2, 0.25) is 5.78 Å². The average Bonchev–Trinajstić information content (AvgIpc) is 2.88. The molecule has 1 saturated heterocycles. The molecule has 5 nitrogen and oxygen atoms in total. The molecule has 0 aromatic carbocycles. The molecular weight excluding hydrogens is 290 g/mol. The highest BCUT2D eigenvalue weighted by atomic mass is 35.5. The van der Waals surface area contributed by atoms with Crippen LogP contribution in [0.5, 0.6) is 0 Å².